The summed E-state index contributed by atoms with van der Waals surface area (Å²) in [5.74, 6) is -0.837. The monoisotopic (exact) mass is 307 g/mol. The molecule has 1 amide bonds. The summed E-state index contributed by atoms with van der Waals surface area (Å²) in [6, 6.07) is 5.67. The zero-order valence-electron chi connectivity index (χ0n) is 13.0. The van der Waals surface area contributed by atoms with E-state index in [1.165, 1.54) is 24.6 Å². The van der Waals surface area contributed by atoms with Gasteiger partial charge in [0.1, 0.15) is 5.82 Å². The van der Waals surface area contributed by atoms with Crippen LogP contribution in [0.15, 0.2) is 24.3 Å². The highest BCUT2D eigenvalue weighted by Gasteiger charge is 2.28. The van der Waals surface area contributed by atoms with E-state index < -0.39 is 11.8 Å². The van der Waals surface area contributed by atoms with Gasteiger partial charge in [0.2, 0.25) is 0 Å². The molecule has 2 rings (SSSR count). The van der Waals surface area contributed by atoms with Crippen LogP contribution in [0.25, 0.3) is 0 Å². The van der Waals surface area contributed by atoms with Crippen LogP contribution in [-0.4, -0.2) is 24.5 Å². The lowest BCUT2D eigenvalue weighted by Crippen LogP contribution is -2.45. The fourth-order valence-electron chi connectivity index (χ4n) is 2.87. The molecule has 3 atom stereocenters. The molecule has 0 unspecified atom stereocenters. The van der Waals surface area contributed by atoms with E-state index in [0.29, 0.717) is 11.8 Å². The number of hydrogen-bond donors (Lipinski definition) is 1. The first-order valence-electron chi connectivity index (χ1n) is 7.70. The first kappa shape index (κ1) is 16.5. The number of hydrogen-bond acceptors (Lipinski definition) is 3. The van der Waals surface area contributed by atoms with Crippen LogP contribution in [-0.2, 0) is 9.53 Å². The van der Waals surface area contributed by atoms with E-state index in [-0.39, 0.29) is 24.1 Å². The number of esters is 1. The van der Waals surface area contributed by atoms with Gasteiger partial charge in [0.25, 0.3) is 5.91 Å². The molecule has 0 radical (unpaired) electrons. The Hall–Kier alpha value is -1.91. The third-order valence-corrected chi connectivity index (χ3v) is 4.48. The van der Waals surface area contributed by atoms with Crippen molar-refractivity contribution >= 4 is 11.9 Å². The number of carbonyl (C=O) groups is 2. The van der Waals surface area contributed by atoms with E-state index in [2.05, 4.69) is 19.2 Å². The zero-order chi connectivity index (χ0) is 16.1. The summed E-state index contributed by atoms with van der Waals surface area (Å²) < 4.78 is 18.3. The highest BCUT2D eigenvalue weighted by atomic mass is 19.1. The Morgan fingerprint density at radius 3 is 2.73 bits per heavy atom. The summed E-state index contributed by atoms with van der Waals surface area (Å²) in [7, 11) is 0. The molecule has 0 aliphatic heterocycles. The number of amides is 1. The maximum absolute atomic E-state index is 13.4. The van der Waals surface area contributed by atoms with Gasteiger partial charge in [-0.05, 0) is 30.4 Å². The molecule has 1 N–H and O–H groups in total. The molecule has 1 aromatic rings. The lowest BCUT2D eigenvalue weighted by Gasteiger charge is -2.34. The molecule has 1 aliphatic rings. The maximum Gasteiger partial charge on any atom is 0.341 e. The van der Waals surface area contributed by atoms with Crippen LogP contribution >= 0.6 is 0 Å². The minimum absolute atomic E-state index is 0.114. The van der Waals surface area contributed by atoms with Crippen molar-refractivity contribution in [1.29, 1.82) is 0 Å². The Balaban J connectivity index is 1.83. The van der Waals surface area contributed by atoms with Crippen LogP contribution in [0.3, 0.4) is 0 Å². The van der Waals surface area contributed by atoms with Crippen molar-refractivity contribution in [3.63, 3.8) is 0 Å². The van der Waals surface area contributed by atoms with E-state index in [1.54, 1.807) is 6.07 Å². The average molecular weight is 307 g/mol. The molecule has 1 fully saturated rings. The summed E-state index contributed by atoms with van der Waals surface area (Å²) in [4.78, 5) is 23.6. The van der Waals surface area contributed by atoms with E-state index in [1.807, 2.05) is 0 Å². The second-order valence-corrected chi connectivity index (χ2v) is 6.00. The lowest BCUT2D eigenvalue weighted by molar-refractivity contribution is -0.125. The van der Waals surface area contributed by atoms with Crippen LogP contribution in [0.4, 0.5) is 4.39 Å². The Kier molecular flexibility index (Phi) is 5.52. The van der Waals surface area contributed by atoms with Crippen molar-refractivity contribution in [2.24, 2.45) is 11.8 Å². The Morgan fingerprint density at radius 1 is 1.27 bits per heavy atom. The van der Waals surface area contributed by atoms with Crippen molar-refractivity contribution in [3.05, 3.63) is 35.6 Å². The highest BCUT2D eigenvalue weighted by molar-refractivity contribution is 5.91. The standard InChI is InChI=1S/C17H22FNO3/c1-11-6-5-9-15(12(11)2)19-16(20)10-22-17(21)13-7-3-4-8-14(13)18/h3-4,7-8,11-12,15H,5-6,9-10H2,1-2H3,(H,19,20)/t11-,12-,15+/m0/s1. The Morgan fingerprint density at radius 2 is 2.00 bits per heavy atom. The average Bonchev–Trinajstić information content (AvgIpc) is 2.50. The van der Waals surface area contributed by atoms with Gasteiger partial charge in [0, 0.05) is 6.04 Å². The highest BCUT2D eigenvalue weighted by Crippen LogP contribution is 2.29. The zero-order valence-corrected chi connectivity index (χ0v) is 13.0. The fraction of sp³-hybridized carbons (Fsp3) is 0.529. The van der Waals surface area contributed by atoms with Crippen molar-refractivity contribution in [2.75, 3.05) is 6.61 Å². The first-order valence-corrected chi connectivity index (χ1v) is 7.70. The Labute approximate surface area is 130 Å². The predicted octanol–water partition coefficient (Wildman–Crippen LogP) is 2.92. The van der Waals surface area contributed by atoms with Gasteiger partial charge in [-0.3, -0.25) is 4.79 Å². The molecule has 1 saturated carbocycles. The minimum atomic E-state index is -0.821. The van der Waals surface area contributed by atoms with Gasteiger partial charge in [-0.15, -0.1) is 0 Å². The van der Waals surface area contributed by atoms with Crippen molar-refractivity contribution < 1.29 is 18.7 Å². The number of rotatable bonds is 4. The van der Waals surface area contributed by atoms with Crippen LogP contribution in [0.2, 0.25) is 0 Å². The number of carbonyl (C=O) groups excluding carboxylic acids is 2. The van der Waals surface area contributed by atoms with Crippen molar-refractivity contribution in [2.45, 2.75) is 39.2 Å². The molecule has 4 nitrogen and oxygen atoms in total. The smallest absolute Gasteiger partial charge is 0.341 e. The molecule has 1 aliphatic carbocycles. The lowest BCUT2D eigenvalue weighted by atomic mass is 9.78. The second-order valence-electron chi connectivity index (χ2n) is 6.00. The van der Waals surface area contributed by atoms with E-state index in [9.17, 15) is 14.0 Å². The van der Waals surface area contributed by atoms with Gasteiger partial charge < -0.3 is 10.1 Å². The fourth-order valence-corrected chi connectivity index (χ4v) is 2.87. The largest absolute Gasteiger partial charge is 0.452 e. The molecule has 0 bridgehead atoms. The summed E-state index contributed by atoms with van der Waals surface area (Å²) in [5.41, 5.74) is -0.157. The number of ether oxygens (including phenoxy) is 1. The SMILES string of the molecule is C[C@H]1[C@@H](C)CCC[C@H]1NC(=O)COC(=O)c1ccccc1F. The third kappa shape index (κ3) is 4.06. The summed E-state index contributed by atoms with van der Waals surface area (Å²) >= 11 is 0. The quantitative estimate of drug-likeness (QED) is 0.870. The van der Waals surface area contributed by atoms with Gasteiger partial charge in [-0.1, -0.05) is 38.8 Å². The second kappa shape index (κ2) is 7.38. The van der Waals surface area contributed by atoms with Crippen LogP contribution in [0.5, 0.6) is 0 Å². The van der Waals surface area contributed by atoms with E-state index >= 15 is 0 Å². The summed E-state index contributed by atoms with van der Waals surface area (Å²) in [6.07, 6.45) is 3.21. The number of benzene rings is 1. The molecule has 0 spiro atoms. The molecule has 5 heteroatoms. The topological polar surface area (TPSA) is 55.4 Å². The molecule has 22 heavy (non-hydrogen) atoms. The van der Waals surface area contributed by atoms with Gasteiger partial charge in [0.15, 0.2) is 6.61 Å². The first-order chi connectivity index (χ1) is 10.5. The predicted molar refractivity (Wildman–Crippen MR) is 80.8 cm³/mol. The van der Waals surface area contributed by atoms with Crippen LogP contribution in [0.1, 0.15) is 43.5 Å². The molecule has 120 valence electrons. The molecular weight excluding hydrogens is 285 g/mol. The van der Waals surface area contributed by atoms with Crippen LogP contribution < -0.4 is 5.32 Å². The molecule has 1 aromatic carbocycles. The third-order valence-electron chi connectivity index (χ3n) is 4.48. The maximum atomic E-state index is 13.4. The molecule has 0 heterocycles. The Bertz CT molecular complexity index is 546. The number of halogens is 1. The van der Waals surface area contributed by atoms with E-state index in [4.69, 9.17) is 4.74 Å². The van der Waals surface area contributed by atoms with Gasteiger partial charge in [0.05, 0.1) is 5.56 Å². The van der Waals surface area contributed by atoms with E-state index in [0.717, 1.165) is 12.8 Å². The molecule has 0 aromatic heterocycles. The molecule has 0 saturated heterocycles. The normalized spacial score (nSPS) is 24.6. The van der Waals surface area contributed by atoms with Crippen molar-refractivity contribution in [1.82, 2.24) is 5.32 Å². The van der Waals surface area contributed by atoms with Crippen LogP contribution in [0, 0.1) is 17.7 Å². The summed E-state index contributed by atoms with van der Waals surface area (Å²) in [6.45, 7) is 3.92. The summed E-state index contributed by atoms with van der Waals surface area (Å²) in [5, 5.41) is 2.91. The number of nitrogens with one attached hydrogen (secondary N) is 1. The van der Waals surface area contributed by atoms with Gasteiger partial charge >= 0.3 is 5.97 Å². The van der Waals surface area contributed by atoms with Crippen molar-refractivity contribution in [3.8, 4) is 0 Å². The molecular formula is C17H22FNO3. The minimum Gasteiger partial charge on any atom is -0.452 e. The van der Waals surface area contributed by atoms with Gasteiger partial charge in [-0.2, -0.15) is 0 Å². The van der Waals surface area contributed by atoms with Gasteiger partial charge in [-0.25, -0.2) is 9.18 Å².